The Hall–Kier alpha value is -1.57. The average Bonchev–Trinajstić information content (AvgIpc) is 3.19. The summed E-state index contributed by atoms with van der Waals surface area (Å²) in [6.07, 6.45) is 3.01. The summed E-state index contributed by atoms with van der Waals surface area (Å²) in [5, 5.41) is 8.14. The lowest BCUT2D eigenvalue weighted by atomic mass is 10.1. The maximum absolute atomic E-state index is 4.97. The molecule has 1 aliphatic rings. The fraction of sp³-hybridized carbons (Fsp3) is 0.500. The van der Waals surface area contributed by atoms with E-state index < -0.39 is 0 Å². The zero-order valence-corrected chi connectivity index (χ0v) is 18.6. The molecule has 1 aromatic carbocycles. The molecule has 0 fully saturated rings. The smallest absolute Gasteiger partial charge is 0.198 e. The van der Waals surface area contributed by atoms with E-state index in [0.717, 1.165) is 38.3 Å². The van der Waals surface area contributed by atoms with Gasteiger partial charge in [-0.3, -0.25) is 4.68 Å². The number of nitrogens with one attached hydrogen (secondary N) is 1. The van der Waals surface area contributed by atoms with Gasteiger partial charge in [0.1, 0.15) is 0 Å². The van der Waals surface area contributed by atoms with Gasteiger partial charge in [0.15, 0.2) is 5.96 Å². The lowest BCUT2D eigenvalue weighted by Gasteiger charge is -2.22. The number of hydrogen-bond donors (Lipinski definition) is 1. The third-order valence-electron chi connectivity index (χ3n) is 4.89. The van der Waals surface area contributed by atoms with Crippen LogP contribution >= 0.6 is 24.0 Å². The third kappa shape index (κ3) is 4.05. The summed E-state index contributed by atoms with van der Waals surface area (Å²) in [7, 11) is 2.03. The van der Waals surface area contributed by atoms with E-state index >= 15 is 0 Å². The summed E-state index contributed by atoms with van der Waals surface area (Å²) < 4.78 is 2.02. The summed E-state index contributed by atoms with van der Waals surface area (Å²) in [4.78, 5) is 7.29. The Bertz CT molecular complexity index is 766. The highest BCUT2D eigenvalue weighted by Gasteiger charge is 2.22. The van der Waals surface area contributed by atoms with Gasteiger partial charge in [0.05, 0.1) is 12.2 Å². The highest BCUT2D eigenvalue weighted by molar-refractivity contribution is 14.0. The second-order valence-electron chi connectivity index (χ2n) is 6.40. The highest BCUT2D eigenvalue weighted by Crippen LogP contribution is 2.27. The first kappa shape index (κ1) is 20.7. The Labute approximate surface area is 173 Å². The van der Waals surface area contributed by atoms with Crippen LogP contribution in [0.4, 0.5) is 5.69 Å². The molecule has 3 rings (SSSR count). The molecular formula is C20H30IN5. The van der Waals surface area contributed by atoms with Gasteiger partial charge in [-0.1, -0.05) is 32.0 Å². The van der Waals surface area contributed by atoms with E-state index in [2.05, 4.69) is 60.4 Å². The van der Waals surface area contributed by atoms with Crippen LogP contribution in [0.3, 0.4) is 0 Å². The van der Waals surface area contributed by atoms with Crippen LogP contribution < -0.4 is 10.2 Å². The summed E-state index contributed by atoms with van der Waals surface area (Å²) in [5.74, 6) is 0.973. The monoisotopic (exact) mass is 467 g/mol. The van der Waals surface area contributed by atoms with Gasteiger partial charge in [0.25, 0.3) is 0 Å². The predicted molar refractivity (Wildman–Crippen MR) is 120 cm³/mol. The highest BCUT2D eigenvalue weighted by atomic mass is 127. The first-order valence-corrected chi connectivity index (χ1v) is 9.36. The van der Waals surface area contributed by atoms with Gasteiger partial charge in [-0.2, -0.15) is 5.10 Å². The number of hydrogen-bond acceptors (Lipinski definition) is 2. The minimum atomic E-state index is 0. The largest absolute Gasteiger partial charge is 0.356 e. The van der Waals surface area contributed by atoms with Crippen molar-refractivity contribution in [3.05, 3.63) is 46.8 Å². The first-order chi connectivity index (χ1) is 12.2. The Morgan fingerprint density at radius 3 is 2.65 bits per heavy atom. The molecule has 26 heavy (non-hydrogen) atoms. The van der Waals surface area contributed by atoms with Crippen molar-refractivity contribution in [2.45, 2.75) is 46.6 Å². The predicted octanol–water partition coefficient (Wildman–Crippen LogP) is 3.69. The molecule has 0 saturated carbocycles. The van der Waals surface area contributed by atoms with Crippen LogP contribution in [0.5, 0.6) is 0 Å². The maximum atomic E-state index is 4.97. The molecule has 5 nitrogen and oxygen atoms in total. The van der Waals surface area contributed by atoms with Gasteiger partial charge in [0.2, 0.25) is 0 Å². The van der Waals surface area contributed by atoms with Crippen LogP contribution in [0.1, 0.15) is 43.3 Å². The number of anilines is 1. The lowest BCUT2D eigenvalue weighted by molar-refractivity contribution is 0.703. The number of fused-ring (bicyclic) bond motifs is 1. The summed E-state index contributed by atoms with van der Waals surface area (Å²) in [6.45, 7) is 9.01. The van der Waals surface area contributed by atoms with Crippen LogP contribution in [0, 0.1) is 0 Å². The molecule has 0 amide bonds. The molecule has 142 valence electrons. The van der Waals surface area contributed by atoms with Crippen LogP contribution in [0.2, 0.25) is 0 Å². The molecule has 0 spiro atoms. The van der Waals surface area contributed by atoms with Gasteiger partial charge in [-0.15, -0.1) is 24.0 Å². The zero-order valence-electron chi connectivity index (χ0n) is 16.2. The molecule has 1 N–H and O–H groups in total. The second kappa shape index (κ2) is 9.39. The molecule has 0 aliphatic carbocycles. The lowest BCUT2D eigenvalue weighted by Crippen LogP contribution is -2.40. The van der Waals surface area contributed by atoms with Crippen molar-refractivity contribution in [1.82, 2.24) is 15.1 Å². The number of aryl methyl sites for hydroxylation is 2. The number of aliphatic imine (C=N–C) groups is 1. The van der Waals surface area contributed by atoms with Crippen LogP contribution in [0.25, 0.3) is 0 Å². The van der Waals surface area contributed by atoms with Crippen molar-refractivity contribution < 1.29 is 0 Å². The van der Waals surface area contributed by atoms with Crippen molar-refractivity contribution >= 4 is 35.6 Å². The number of nitrogens with zero attached hydrogens (tertiary/aromatic N) is 4. The van der Waals surface area contributed by atoms with Crippen molar-refractivity contribution in [3.63, 3.8) is 0 Å². The zero-order chi connectivity index (χ0) is 17.8. The number of halogens is 1. The molecule has 6 heteroatoms. The second-order valence-corrected chi connectivity index (χ2v) is 6.40. The standard InChI is InChI=1S/C20H29N5.HI/c1-5-17-16(18(6-2)24(4)23-17)14-22-20(21-7-3)25-13-12-15-10-8-9-11-19(15)25;/h8-11H,5-7,12-14H2,1-4H3,(H,21,22);1H. The van der Waals surface area contributed by atoms with Crippen molar-refractivity contribution in [2.24, 2.45) is 12.0 Å². The van der Waals surface area contributed by atoms with Crippen LogP contribution in [-0.2, 0) is 32.9 Å². The Morgan fingerprint density at radius 1 is 1.19 bits per heavy atom. The van der Waals surface area contributed by atoms with Crippen LogP contribution in [-0.4, -0.2) is 28.8 Å². The summed E-state index contributed by atoms with van der Waals surface area (Å²) in [5.41, 5.74) is 6.42. The number of benzene rings is 1. The SMILES string of the molecule is CCNC(=NCc1c(CC)nn(C)c1CC)N1CCc2ccccc21.I. The van der Waals surface area contributed by atoms with E-state index in [9.17, 15) is 0 Å². The number of aromatic nitrogens is 2. The van der Waals surface area contributed by atoms with Crippen molar-refractivity contribution in [3.8, 4) is 0 Å². The van der Waals surface area contributed by atoms with Gasteiger partial charge in [-0.25, -0.2) is 4.99 Å². The Kier molecular flexibility index (Phi) is 7.49. The molecule has 1 aromatic heterocycles. The van der Waals surface area contributed by atoms with E-state index in [1.807, 2.05) is 11.7 Å². The minimum Gasteiger partial charge on any atom is -0.356 e. The first-order valence-electron chi connectivity index (χ1n) is 9.36. The number of rotatable bonds is 5. The topological polar surface area (TPSA) is 45.5 Å². The number of para-hydroxylation sites is 1. The molecule has 1 aliphatic heterocycles. The molecule has 0 atom stereocenters. The average molecular weight is 467 g/mol. The van der Waals surface area contributed by atoms with Gasteiger partial charge in [-0.05, 0) is 37.8 Å². The van der Waals surface area contributed by atoms with E-state index in [4.69, 9.17) is 4.99 Å². The van der Waals surface area contributed by atoms with E-state index in [-0.39, 0.29) is 24.0 Å². The molecular weight excluding hydrogens is 437 g/mol. The normalized spacial score (nSPS) is 13.5. The molecule has 2 heterocycles. The number of guanidine groups is 1. The van der Waals surface area contributed by atoms with Crippen LogP contribution in [0.15, 0.2) is 29.3 Å². The quantitative estimate of drug-likeness (QED) is 0.415. The third-order valence-corrected chi connectivity index (χ3v) is 4.89. The molecule has 0 saturated heterocycles. The molecule has 0 unspecified atom stereocenters. The van der Waals surface area contributed by atoms with Gasteiger partial charge >= 0.3 is 0 Å². The van der Waals surface area contributed by atoms with Gasteiger partial charge < -0.3 is 10.2 Å². The van der Waals surface area contributed by atoms with E-state index in [1.54, 1.807) is 0 Å². The van der Waals surface area contributed by atoms with Crippen molar-refractivity contribution in [1.29, 1.82) is 0 Å². The molecule has 2 aromatic rings. The van der Waals surface area contributed by atoms with Gasteiger partial charge in [0, 0.05) is 37.1 Å². The fourth-order valence-electron chi connectivity index (χ4n) is 3.68. The molecule has 0 bridgehead atoms. The minimum absolute atomic E-state index is 0. The summed E-state index contributed by atoms with van der Waals surface area (Å²) >= 11 is 0. The molecule has 0 radical (unpaired) electrons. The maximum Gasteiger partial charge on any atom is 0.198 e. The summed E-state index contributed by atoms with van der Waals surface area (Å²) in [6, 6.07) is 8.62. The van der Waals surface area contributed by atoms with E-state index in [0.29, 0.717) is 6.54 Å². The fourth-order valence-corrected chi connectivity index (χ4v) is 3.68. The van der Waals surface area contributed by atoms with E-state index in [1.165, 1.54) is 28.2 Å². The van der Waals surface area contributed by atoms with Crippen molar-refractivity contribution in [2.75, 3.05) is 18.0 Å². The Balaban J connectivity index is 0.00000243. The Morgan fingerprint density at radius 2 is 1.96 bits per heavy atom.